The topological polar surface area (TPSA) is 44.5 Å². The third-order valence-electron chi connectivity index (χ3n) is 2.95. The van der Waals surface area contributed by atoms with Crippen molar-refractivity contribution in [3.63, 3.8) is 0 Å². The van der Waals surface area contributed by atoms with Crippen LogP contribution < -0.4 is 10.5 Å². The van der Waals surface area contributed by atoms with Gasteiger partial charge in [-0.05, 0) is 12.3 Å². The minimum Gasteiger partial charge on any atom is -0.467 e. The van der Waals surface area contributed by atoms with Crippen molar-refractivity contribution in [2.75, 3.05) is 13.4 Å². The summed E-state index contributed by atoms with van der Waals surface area (Å²) in [7, 11) is 0. The molecule has 2 rings (SSSR count). The Morgan fingerprint density at radius 2 is 1.86 bits per heavy atom. The largest absolute Gasteiger partial charge is 0.467 e. The molecule has 0 amide bonds. The van der Waals surface area contributed by atoms with Crippen LogP contribution in [0.2, 0.25) is 0 Å². The van der Waals surface area contributed by atoms with Gasteiger partial charge in [-0.1, -0.05) is 36.4 Å². The van der Waals surface area contributed by atoms with Crippen molar-refractivity contribution < 1.29 is 22.6 Å². The maximum Gasteiger partial charge on any atom is 0.411 e. The Labute approximate surface area is 120 Å². The van der Waals surface area contributed by atoms with Crippen LogP contribution in [0.15, 0.2) is 36.4 Å². The van der Waals surface area contributed by atoms with Crippen LogP contribution in [0.3, 0.4) is 0 Å². The predicted octanol–water partition coefficient (Wildman–Crippen LogP) is 3.77. The van der Waals surface area contributed by atoms with Gasteiger partial charge in [0.25, 0.3) is 0 Å². The van der Waals surface area contributed by atoms with E-state index in [0.29, 0.717) is 5.75 Å². The summed E-state index contributed by atoms with van der Waals surface area (Å²) in [5.41, 5.74) is 6.60. The predicted molar refractivity (Wildman–Crippen MR) is 74.1 cm³/mol. The van der Waals surface area contributed by atoms with Crippen LogP contribution in [0, 0.1) is 0 Å². The fraction of sp³-hybridized carbons (Fsp3) is 0.333. The quantitative estimate of drug-likeness (QED) is 0.675. The van der Waals surface area contributed by atoms with E-state index in [-0.39, 0.29) is 6.04 Å². The van der Waals surface area contributed by atoms with Gasteiger partial charge in [-0.3, -0.25) is 0 Å². The maximum absolute atomic E-state index is 12.0. The third-order valence-corrected chi connectivity index (χ3v) is 2.95. The molecule has 0 spiro atoms. The smallest absolute Gasteiger partial charge is 0.411 e. The number of halogens is 3. The number of alkyl halides is 3. The molecule has 1 atom stereocenters. The molecule has 2 aromatic carbocycles. The molecule has 3 nitrogen and oxygen atoms in total. The molecule has 114 valence electrons. The van der Waals surface area contributed by atoms with Gasteiger partial charge in [-0.15, -0.1) is 0 Å². The van der Waals surface area contributed by atoms with E-state index in [9.17, 15) is 13.2 Å². The maximum atomic E-state index is 12.0. The lowest BCUT2D eigenvalue weighted by Gasteiger charge is -2.17. The Hall–Kier alpha value is -1.79. The fourth-order valence-electron chi connectivity index (χ4n) is 2.04. The number of rotatable bonds is 5. The summed E-state index contributed by atoms with van der Waals surface area (Å²) in [6.07, 6.45) is -4.37. The first-order chi connectivity index (χ1) is 9.88. The molecule has 0 aliphatic carbocycles. The Kier molecular flexibility index (Phi) is 4.69. The van der Waals surface area contributed by atoms with Crippen molar-refractivity contribution in [1.29, 1.82) is 0 Å². The number of ether oxygens (including phenoxy) is 2. The zero-order chi connectivity index (χ0) is 15.5. The van der Waals surface area contributed by atoms with Gasteiger partial charge in [0.05, 0.1) is 0 Å². The summed E-state index contributed by atoms with van der Waals surface area (Å²) in [6.45, 7) is -0.0357. The highest BCUT2D eigenvalue weighted by molar-refractivity contribution is 5.89. The van der Waals surface area contributed by atoms with E-state index in [4.69, 9.17) is 10.5 Å². The Morgan fingerprint density at radius 3 is 2.52 bits per heavy atom. The van der Waals surface area contributed by atoms with Gasteiger partial charge >= 0.3 is 6.18 Å². The van der Waals surface area contributed by atoms with Gasteiger partial charge in [0, 0.05) is 17.0 Å². The zero-order valence-electron chi connectivity index (χ0n) is 11.5. The Bertz CT molecular complexity index is 611. The summed E-state index contributed by atoms with van der Waals surface area (Å²) in [4.78, 5) is 0. The summed E-state index contributed by atoms with van der Waals surface area (Å²) in [6, 6.07) is 10.8. The minimum atomic E-state index is -4.37. The summed E-state index contributed by atoms with van der Waals surface area (Å²) in [5.74, 6) is 0.463. The average Bonchev–Trinajstić information content (AvgIpc) is 2.42. The first-order valence-electron chi connectivity index (χ1n) is 6.43. The Balaban J connectivity index is 2.21. The minimum absolute atomic E-state index is 0.299. The first kappa shape index (κ1) is 15.6. The number of fused-ring (bicyclic) bond motifs is 1. The van der Waals surface area contributed by atoms with Gasteiger partial charge in [0.15, 0.2) is 6.79 Å². The lowest BCUT2D eigenvalue weighted by molar-refractivity contribution is -0.186. The van der Waals surface area contributed by atoms with Crippen LogP contribution in [-0.2, 0) is 4.74 Å². The van der Waals surface area contributed by atoms with Crippen molar-refractivity contribution in [2.24, 2.45) is 5.73 Å². The van der Waals surface area contributed by atoms with Gasteiger partial charge in [-0.25, -0.2) is 0 Å². The zero-order valence-corrected chi connectivity index (χ0v) is 11.5. The molecule has 2 aromatic rings. The van der Waals surface area contributed by atoms with Crippen LogP contribution in [0.1, 0.15) is 18.5 Å². The Morgan fingerprint density at radius 1 is 1.14 bits per heavy atom. The third kappa shape index (κ3) is 4.09. The molecule has 0 fully saturated rings. The van der Waals surface area contributed by atoms with Crippen LogP contribution in [0.4, 0.5) is 13.2 Å². The lowest BCUT2D eigenvalue weighted by atomic mass is 10.0. The molecule has 0 heterocycles. The standard InChI is InChI=1S/C15H16F3NO2/c1-10(19)12-7-6-11-4-2-3-5-13(11)14(12)21-9-20-8-15(16,17)18/h2-7,10H,8-9,19H2,1H3/t10-/m0/s1. The average molecular weight is 299 g/mol. The van der Waals surface area contributed by atoms with E-state index in [1.807, 2.05) is 36.4 Å². The summed E-state index contributed by atoms with van der Waals surface area (Å²) in [5, 5.41) is 1.72. The molecular formula is C15H16F3NO2. The second-order valence-electron chi connectivity index (χ2n) is 4.72. The highest BCUT2D eigenvalue weighted by Gasteiger charge is 2.27. The molecule has 0 saturated carbocycles. The number of hydrogen-bond acceptors (Lipinski definition) is 3. The molecule has 0 bridgehead atoms. The highest BCUT2D eigenvalue weighted by Crippen LogP contribution is 2.33. The van der Waals surface area contributed by atoms with Crippen LogP contribution in [0.25, 0.3) is 10.8 Å². The van der Waals surface area contributed by atoms with Gasteiger partial charge in [0.1, 0.15) is 12.4 Å². The van der Waals surface area contributed by atoms with Gasteiger partial charge in [0.2, 0.25) is 0 Å². The van der Waals surface area contributed by atoms with Gasteiger partial charge in [-0.2, -0.15) is 13.2 Å². The van der Waals surface area contributed by atoms with E-state index >= 15 is 0 Å². The van der Waals surface area contributed by atoms with E-state index in [2.05, 4.69) is 4.74 Å². The van der Waals surface area contributed by atoms with Crippen molar-refractivity contribution >= 4 is 10.8 Å². The lowest BCUT2D eigenvalue weighted by Crippen LogP contribution is -2.19. The van der Waals surface area contributed by atoms with Crippen LogP contribution in [-0.4, -0.2) is 19.6 Å². The molecule has 21 heavy (non-hydrogen) atoms. The second-order valence-corrected chi connectivity index (χ2v) is 4.72. The highest BCUT2D eigenvalue weighted by atomic mass is 19.4. The molecule has 6 heteroatoms. The molecular weight excluding hydrogens is 283 g/mol. The van der Waals surface area contributed by atoms with Crippen molar-refractivity contribution in [1.82, 2.24) is 0 Å². The number of benzene rings is 2. The van der Waals surface area contributed by atoms with Crippen molar-refractivity contribution in [3.8, 4) is 5.75 Å². The monoisotopic (exact) mass is 299 g/mol. The summed E-state index contributed by atoms with van der Waals surface area (Å²) < 4.78 is 46.0. The molecule has 0 aliphatic rings. The number of hydrogen-bond donors (Lipinski definition) is 1. The van der Waals surface area contributed by atoms with E-state index < -0.39 is 19.6 Å². The molecule has 2 N–H and O–H groups in total. The van der Waals surface area contributed by atoms with Crippen molar-refractivity contribution in [2.45, 2.75) is 19.1 Å². The molecule has 0 aliphatic heterocycles. The SMILES string of the molecule is C[C@H](N)c1ccc2ccccc2c1OCOCC(F)(F)F. The van der Waals surface area contributed by atoms with E-state index in [1.54, 1.807) is 6.92 Å². The molecule has 0 aromatic heterocycles. The van der Waals surface area contributed by atoms with Crippen LogP contribution in [0.5, 0.6) is 5.75 Å². The fourth-order valence-corrected chi connectivity index (χ4v) is 2.04. The van der Waals surface area contributed by atoms with Crippen LogP contribution >= 0.6 is 0 Å². The number of nitrogens with two attached hydrogens (primary N) is 1. The molecule has 0 radical (unpaired) electrons. The second kappa shape index (κ2) is 6.32. The normalized spacial score (nSPS) is 13.4. The van der Waals surface area contributed by atoms with Gasteiger partial charge < -0.3 is 15.2 Å². The molecule has 0 unspecified atom stereocenters. The van der Waals surface area contributed by atoms with E-state index in [1.165, 1.54) is 0 Å². The van der Waals surface area contributed by atoms with Crippen molar-refractivity contribution in [3.05, 3.63) is 42.0 Å². The molecule has 0 saturated heterocycles. The summed E-state index contributed by atoms with van der Waals surface area (Å²) >= 11 is 0. The first-order valence-corrected chi connectivity index (χ1v) is 6.43. The van der Waals surface area contributed by atoms with E-state index in [0.717, 1.165) is 16.3 Å².